The van der Waals surface area contributed by atoms with E-state index >= 15 is 0 Å². The third-order valence-corrected chi connectivity index (χ3v) is 3.73. The monoisotopic (exact) mass is 294 g/mol. The van der Waals surface area contributed by atoms with E-state index in [1.807, 2.05) is 42.5 Å². The lowest BCUT2D eigenvalue weighted by Gasteiger charge is -2.28. The van der Waals surface area contributed by atoms with Crippen LogP contribution in [0.3, 0.4) is 0 Å². The number of imide groups is 2. The number of carbonyl (C=O) groups excluding carboxylic acids is 3. The van der Waals surface area contributed by atoms with Crippen molar-refractivity contribution in [2.75, 3.05) is 14.1 Å². The summed E-state index contributed by atoms with van der Waals surface area (Å²) in [4.78, 5) is 37.9. The van der Waals surface area contributed by atoms with Gasteiger partial charge in [-0.3, -0.25) is 19.4 Å². The maximum atomic E-state index is 12.1. The van der Waals surface area contributed by atoms with Crippen LogP contribution in [0, 0.1) is 0 Å². The molecule has 1 aliphatic rings. The third kappa shape index (κ3) is 2.16. The van der Waals surface area contributed by atoms with Crippen molar-refractivity contribution < 1.29 is 14.4 Å². The summed E-state index contributed by atoms with van der Waals surface area (Å²) in [7, 11) is 2.73. The number of hydrogen-bond donors (Lipinski definition) is 0. The average Bonchev–Trinajstić information content (AvgIpc) is 2.55. The molecule has 0 N–H and O–H groups in total. The van der Waals surface area contributed by atoms with Crippen LogP contribution in [0.1, 0.15) is 5.56 Å². The summed E-state index contributed by atoms with van der Waals surface area (Å²) >= 11 is 0. The molecule has 5 nitrogen and oxygen atoms in total. The third-order valence-electron chi connectivity index (χ3n) is 3.73. The second-order valence-corrected chi connectivity index (χ2v) is 5.18. The van der Waals surface area contributed by atoms with Crippen LogP contribution >= 0.6 is 0 Å². The van der Waals surface area contributed by atoms with E-state index in [1.165, 1.54) is 20.2 Å². The van der Waals surface area contributed by atoms with Crippen LogP contribution in [-0.4, -0.2) is 41.7 Å². The fourth-order valence-electron chi connectivity index (χ4n) is 2.44. The van der Waals surface area contributed by atoms with Crippen LogP contribution in [0.25, 0.3) is 16.8 Å². The predicted molar refractivity (Wildman–Crippen MR) is 82.9 cm³/mol. The molecule has 1 saturated heterocycles. The quantitative estimate of drug-likeness (QED) is 0.599. The van der Waals surface area contributed by atoms with Gasteiger partial charge in [-0.2, -0.15) is 0 Å². The van der Waals surface area contributed by atoms with Gasteiger partial charge >= 0.3 is 6.03 Å². The first kappa shape index (κ1) is 14.0. The lowest BCUT2D eigenvalue weighted by Crippen LogP contribution is -2.52. The van der Waals surface area contributed by atoms with E-state index in [0.717, 1.165) is 26.1 Å². The Morgan fingerprint density at radius 2 is 1.41 bits per heavy atom. The predicted octanol–water partition coefficient (Wildman–Crippen LogP) is 2.27. The number of hydrogen-bond acceptors (Lipinski definition) is 3. The minimum atomic E-state index is -0.620. The summed E-state index contributed by atoms with van der Waals surface area (Å²) in [6.45, 7) is 0. The second kappa shape index (κ2) is 5.11. The molecule has 2 aromatic carbocycles. The van der Waals surface area contributed by atoms with E-state index in [9.17, 15) is 14.4 Å². The van der Waals surface area contributed by atoms with Gasteiger partial charge in [-0.15, -0.1) is 0 Å². The second-order valence-electron chi connectivity index (χ2n) is 5.18. The first-order chi connectivity index (χ1) is 10.5. The number of rotatable bonds is 1. The van der Waals surface area contributed by atoms with Crippen molar-refractivity contribution in [3.05, 3.63) is 53.6 Å². The number of urea groups is 1. The van der Waals surface area contributed by atoms with Crippen molar-refractivity contribution in [2.45, 2.75) is 0 Å². The molecule has 0 radical (unpaired) electrons. The molecule has 0 spiro atoms. The zero-order chi connectivity index (χ0) is 15.9. The Morgan fingerprint density at radius 3 is 2.05 bits per heavy atom. The first-order valence-electron chi connectivity index (χ1n) is 6.79. The number of fused-ring (bicyclic) bond motifs is 1. The minimum absolute atomic E-state index is 0.0140. The molecule has 1 aliphatic heterocycles. The topological polar surface area (TPSA) is 57.7 Å². The fourth-order valence-corrected chi connectivity index (χ4v) is 2.44. The van der Waals surface area contributed by atoms with E-state index in [0.29, 0.717) is 0 Å². The van der Waals surface area contributed by atoms with Crippen molar-refractivity contribution in [3.63, 3.8) is 0 Å². The number of benzene rings is 2. The maximum absolute atomic E-state index is 12.1. The van der Waals surface area contributed by atoms with Gasteiger partial charge in [-0.05, 0) is 28.5 Å². The van der Waals surface area contributed by atoms with Crippen molar-refractivity contribution >= 4 is 34.7 Å². The molecule has 4 amide bonds. The van der Waals surface area contributed by atoms with Crippen molar-refractivity contribution in [1.29, 1.82) is 0 Å². The van der Waals surface area contributed by atoms with Crippen molar-refractivity contribution in [1.82, 2.24) is 9.80 Å². The van der Waals surface area contributed by atoms with E-state index in [2.05, 4.69) is 0 Å². The van der Waals surface area contributed by atoms with Crippen LogP contribution in [0.5, 0.6) is 0 Å². The lowest BCUT2D eigenvalue weighted by molar-refractivity contribution is -0.134. The zero-order valence-corrected chi connectivity index (χ0v) is 12.2. The minimum Gasteiger partial charge on any atom is -0.268 e. The highest BCUT2D eigenvalue weighted by molar-refractivity contribution is 6.30. The number of barbiturate groups is 1. The first-order valence-corrected chi connectivity index (χ1v) is 6.79. The fraction of sp³-hybridized carbons (Fsp3) is 0.118. The molecule has 2 aromatic rings. The number of carbonyl (C=O) groups is 3. The highest BCUT2D eigenvalue weighted by Crippen LogP contribution is 2.21. The summed E-state index contributed by atoms with van der Waals surface area (Å²) < 4.78 is 0. The summed E-state index contributed by atoms with van der Waals surface area (Å²) in [6, 6.07) is 12.9. The van der Waals surface area contributed by atoms with Gasteiger partial charge in [0.2, 0.25) is 0 Å². The molecule has 1 heterocycles. The van der Waals surface area contributed by atoms with Crippen molar-refractivity contribution in [3.8, 4) is 0 Å². The number of nitrogens with zero attached hydrogens (tertiary/aromatic N) is 2. The van der Waals surface area contributed by atoms with Gasteiger partial charge in [0.15, 0.2) is 0 Å². The zero-order valence-electron chi connectivity index (χ0n) is 12.2. The molecule has 5 heteroatoms. The summed E-state index contributed by atoms with van der Waals surface area (Å²) in [6.07, 6.45) is 1.52. The van der Waals surface area contributed by atoms with Crippen molar-refractivity contribution in [2.24, 2.45) is 0 Å². The Balaban J connectivity index is 2.06. The van der Waals surface area contributed by atoms with E-state index in [1.54, 1.807) is 0 Å². The molecule has 110 valence electrons. The smallest absolute Gasteiger partial charge is 0.268 e. The van der Waals surface area contributed by atoms with Gasteiger partial charge in [0.25, 0.3) is 11.8 Å². The molecule has 3 rings (SSSR count). The Morgan fingerprint density at radius 1 is 0.818 bits per heavy atom. The normalized spacial score (nSPS) is 15.7. The Labute approximate surface area is 127 Å². The Kier molecular flexibility index (Phi) is 3.25. The van der Waals surface area contributed by atoms with Crippen LogP contribution in [0.15, 0.2) is 48.0 Å². The van der Waals surface area contributed by atoms with Gasteiger partial charge in [0.1, 0.15) is 5.57 Å². The van der Waals surface area contributed by atoms with Gasteiger partial charge in [0.05, 0.1) is 0 Å². The maximum Gasteiger partial charge on any atom is 0.333 e. The van der Waals surface area contributed by atoms with Gasteiger partial charge in [-0.1, -0.05) is 36.4 Å². The molecular formula is C17H14N2O3. The molecule has 0 aromatic heterocycles. The standard InChI is InChI=1S/C17H14N2O3/c1-18-15(20)14(16(21)19(2)17(18)22)10-11-7-8-12-5-3-4-6-13(12)9-11/h3-10H,1-2H3. The summed E-state index contributed by atoms with van der Waals surface area (Å²) in [5.41, 5.74) is 0.728. The summed E-state index contributed by atoms with van der Waals surface area (Å²) in [5, 5.41) is 2.10. The van der Waals surface area contributed by atoms with Gasteiger partial charge in [-0.25, -0.2) is 4.79 Å². The van der Waals surface area contributed by atoms with Crippen LogP contribution in [0.2, 0.25) is 0 Å². The molecule has 22 heavy (non-hydrogen) atoms. The highest BCUT2D eigenvalue weighted by atomic mass is 16.2. The molecule has 0 atom stereocenters. The van der Waals surface area contributed by atoms with Gasteiger partial charge in [0, 0.05) is 14.1 Å². The Hall–Kier alpha value is -2.95. The molecule has 0 unspecified atom stereocenters. The largest absolute Gasteiger partial charge is 0.333 e. The van der Waals surface area contributed by atoms with Crippen LogP contribution in [0.4, 0.5) is 4.79 Å². The Bertz CT molecular complexity index is 813. The number of amides is 4. The van der Waals surface area contributed by atoms with Crippen LogP contribution < -0.4 is 0 Å². The average molecular weight is 294 g/mol. The molecule has 0 bridgehead atoms. The van der Waals surface area contributed by atoms with E-state index in [4.69, 9.17) is 0 Å². The summed E-state index contributed by atoms with van der Waals surface area (Å²) in [5.74, 6) is -1.16. The van der Waals surface area contributed by atoms with Gasteiger partial charge < -0.3 is 0 Å². The van der Waals surface area contributed by atoms with E-state index < -0.39 is 17.8 Å². The number of likely N-dealkylation sites (N-methyl/N-ethyl adjacent to an activating group) is 2. The highest BCUT2D eigenvalue weighted by Gasteiger charge is 2.37. The van der Waals surface area contributed by atoms with E-state index in [-0.39, 0.29) is 5.57 Å². The molecule has 0 saturated carbocycles. The SMILES string of the molecule is CN1C(=O)C(=Cc2ccc3ccccc3c2)C(=O)N(C)C1=O. The molecule has 1 fully saturated rings. The molecule has 0 aliphatic carbocycles. The lowest BCUT2D eigenvalue weighted by atomic mass is 10.0. The van der Waals surface area contributed by atoms with Crippen LogP contribution in [-0.2, 0) is 9.59 Å². The molecular weight excluding hydrogens is 280 g/mol.